The fourth-order valence-electron chi connectivity index (χ4n) is 1.21. The van der Waals surface area contributed by atoms with Crippen molar-refractivity contribution in [2.75, 3.05) is 12.9 Å². The van der Waals surface area contributed by atoms with Gasteiger partial charge in [0.25, 0.3) is 0 Å². The van der Waals surface area contributed by atoms with Gasteiger partial charge in [-0.3, -0.25) is 4.79 Å². The average molecular weight is 307 g/mol. The van der Waals surface area contributed by atoms with Crippen LogP contribution in [0.1, 0.15) is 10.4 Å². The SMILES string of the molecule is CS(=O)(=O)C(CO)C(=O)c1ccc(Br)cc1. The summed E-state index contributed by atoms with van der Waals surface area (Å²) < 4.78 is 23.3. The Morgan fingerprint density at radius 2 is 1.88 bits per heavy atom. The van der Waals surface area contributed by atoms with Crippen molar-refractivity contribution >= 4 is 31.6 Å². The minimum atomic E-state index is -3.58. The monoisotopic (exact) mass is 306 g/mol. The van der Waals surface area contributed by atoms with Gasteiger partial charge in [-0.1, -0.05) is 28.1 Å². The first-order valence-electron chi connectivity index (χ1n) is 4.45. The third kappa shape index (κ3) is 3.13. The molecule has 6 heteroatoms. The molecule has 1 aromatic rings. The summed E-state index contributed by atoms with van der Waals surface area (Å²) in [6, 6.07) is 6.31. The second-order valence-electron chi connectivity index (χ2n) is 3.37. The predicted molar refractivity (Wildman–Crippen MR) is 64.2 cm³/mol. The second kappa shape index (κ2) is 5.07. The van der Waals surface area contributed by atoms with Gasteiger partial charge in [0.1, 0.15) is 5.25 Å². The Labute approximate surface area is 102 Å². The van der Waals surface area contributed by atoms with E-state index >= 15 is 0 Å². The zero-order chi connectivity index (χ0) is 12.3. The van der Waals surface area contributed by atoms with E-state index in [-0.39, 0.29) is 5.56 Å². The van der Waals surface area contributed by atoms with Crippen molar-refractivity contribution in [1.29, 1.82) is 0 Å². The highest BCUT2D eigenvalue weighted by atomic mass is 79.9. The first-order valence-corrected chi connectivity index (χ1v) is 7.20. The second-order valence-corrected chi connectivity index (χ2v) is 6.52. The number of aliphatic hydroxyl groups excluding tert-OH is 1. The van der Waals surface area contributed by atoms with Crippen LogP contribution in [0.15, 0.2) is 28.7 Å². The predicted octanol–water partition coefficient (Wildman–Crippen LogP) is 1.04. The molecule has 0 saturated carbocycles. The van der Waals surface area contributed by atoms with Gasteiger partial charge >= 0.3 is 0 Å². The van der Waals surface area contributed by atoms with E-state index in [0.717, 1.165) is 10.7 Å². The molecule has 0 aromatic heterocycles. The standard InChI is InChI=1S/C10H11BrO4S/c1-16(14,15)9(6-12)10(13)7-2-4-8(11)5-3-7/h2-5,9,12H,6H2,1H3. The molecule has 0 aliphatic carbocycles. The lowest BCUT2D eigenvalue weighted by atomic mass is 10.1. The van der Waals surface area contributed by atoms with Crippen molar-refractivity contribution in [1.82, 2.24) is 0 Å². The first kappa shape index (κ1) is 13.3. The van der Waals surface area contributed by atoms with E-state index in [1.165, 1.54) is 12.1 Å². The fourth-order valence-corrected chi connectivity index (χ4v) is 2.27. The molecule has 0 saturated heterocycles. The highest BCUT2D eigenvalue weighted by Crippen LogP contribution is 2.14. The topological polar surface area (TPSA) is 71.4 Å². The van der Waals surface area contributed by atoms with Gasteiger partial charge in [-0.25, -0.2) is 8.42 Å². The fraction of sp³-hybridized carbons (Fsp3) is 0.300. The maximum absolute atomic E-state index is 11.8. The lowest BCUT2D eigenvalue weighted by Gasteiger charge is -2.10. The summed E-state index contributed by atoms with van der Waals surface area (Å²) in [6.07, 6.45) is 0.935. The van der Waals surface area contributed by atoms with Gasteiger partial charge in [0.2, 0.25) is 0 Å². The Hall–Kier alpha value is -0.720. The van der Waals surface area contributed by atoms with Crippen LogP contribution in [0.5, 0.6) is 0 Å². The molecule has 88 valence electrons. The maximum atomic E-state index is 11.8. The molecule has 1 unspecified atom stereocenters. The highest BCUT2D eigenvalue weighted by Gasteiger charge is 2.28. The lowest BCUT2D eigenvalue weighted by Crippen LogP contribution is -2.33. The Balaban J connectivity index is 3.06. The summed E-state index contributed by atoms with van der Waals surface area (Å²) in [6.45, 7) is -0.701. The normalized spacial score (nSPS) is 13.4. The van der Waals surface area contributed by atoms with Crippen LogP contribution in [0.2, 0.25) is 0 Å². The quantitative estimate of drug-likeness (QED) is 0.844. The zero-order valence-corrected chi connectivity index (χ0v) is 11.0. The molecule has 4 nitrogen and oxygen atoms in total. The molecule has 1 N–H and O–H groups in total. The molecular formula is C10H11BrO4S. The number of carbonyl (C=O) groups is 1. The van der Waals surface area contributed by atoms with Crippen molar-refractivity contribution in [2.24, 2.45) is 0 Å². The average Bonchev–Trinajstić information content (AvgIpc) is 2.17. The summed E-state index contributed by atoms with van der Waals surface area (Å²) >= 11 is 3.21. The van der Waals surface area contributed by atoms with Crippen molar-refractivity contribution in [3.8, 4) is 0 Å². The molecule has 0 aliphatic rings. The number of Topliss-reactive ketones (excluding diaryl/α,β-unsaturated/α-hetero) is 1. The molecule has 0 aliphatic heterocycles. The van der Waals surface area contributed by atoms with Crippen molar-refractivity contribution < 1.29 is 18.3 Å². The van der Waals surface area contributed by atoms with E-state index in [2.05, 4.69) is 15.9 Å². The van der Waals surface area contributed by atoms with Gasteiger partial charge in [0.05, 0.1) is 6.61 Å². The number of hydrogen-bond donors (Lipinski definition) is 1. The van der Waals surface area contributed by atoms with Gasteiger partial charge in [-0.05, 0) is 12.1 Å². The molecule has 0 spiro atoms. The summed E-state index contributed by atoms with van der Waals surface area (Å²) in [5.41, 5.74) is 0.271. The largest absolute Gasteiger partial charge is 0.395 e. The van der Waals surface area contributed by atoms with Crippen molar-refractivity contribution in [3.63, 3.8) is 0 Å². The summed E-state index contributed by atoms with van der Waals surface area (Å²) in [5.74, 6) is -0.586. The number of halogens is 1. The van der Waals surface area contributed by atoms with Gasteiger partial charge in [-0.2, -0.15) is 0 Å². The van der Waals surface area contributed by atoms with E-state index in [0.29, 0.717) is 0 Å². The van der Waals surface area contributed by atoms with Crippen LogP contribution < -0.4 is 0 Å². The molecule has 1 aromatic carbocycles. The summed E-state index contributed by atoms with van der Waals surface area (Å²) in [5, 5.41) is 7.56. The molecular weight excluding hydrogens is 296 g/mol. The molecule has 16 heavy (non-hydrogen) atoms. The molecule has 0 bridgehead atoms. The van der Waals surface area contributed by atoms with Crippen molar-refractivity contribution in [2.45, 2.75) is 5.25 Å². The smallest absolute Gasteiger partial charge is 0.183 e. The van der Waals surface area contributed by atoms with Gasteiger partial charge in [0, 0.05) is 16.3 Å². The Morgan fingerprint density at radius 1 is 1.38 bits per heavy atom. The summed E-state index contributed by atoms with van der Waals surface area (Å²) in [4.78, 5) is 11.8. The molecule has 0 fully saturated rings. The zero-order valence-electron chi connectivity index (χ0n) is 8.55. The van der Waals surface area contributed by atoms with Crippen molar-refractivity contribution in [3.05, 3.63) is 34.3 Å². The van der Waals surface area contributed by atoms with Crippen LogP contribution in [0.25, 0.3) is 0 Å². The number of hydrogen-bond acceptors (Lipinski definition) is 4. The van der Waals surface area contributed by atoms with Crippen LogP contribution in [0.3, 0.4) is 0 Å². The number of ketones is 1. The van der Waals surface area contributed by atoms with Gasteiger partial charge < -0.3 is 5.11 Å². The number of benzene rings is 1. The van der Waals surface area contributed by atoms with E-state index < -0.39 is 27.5 Å². The number of rotatable bonds is 4. The van der Waals surface area contributed by atoms with Gasteiger partial charge in [0.15, 0.2) is 15.6 Å². The third-order valence-electron chi connectivity index (χ3n) is 2.10. The van der Waals surface area contributed by atoms with Crippen LogP contribution in [0.4, 0.5) is 0 Å². The highest BCUT2D eigenvalue weighted by molar-refractivity contribution is 9.10. The van der Waals surface area contributed by atoms with Crippen LogP contribution >= 0.6 is 15.9 Å². The molecule has 1 atom stereocenters. The molecule has 0 radical (unpaired) electrons. The van der Waals surface area contributed by atoms with Gasteiger partial charge in [-0.15, -0.1) is 0 Å². The number of carbonyl (C=O) groups excluding carboxylic acids is 1. The maximum Gasteiger partial charge on any atom is 0.183 e. The van der Waals surface area contributed by atoms with E-state index in [1.54, 1.807) is 12.1 Å². The minimum Gasteiger partial charge on any atom is -0.395 e. The number of sulfone groups is 1. The van der Waals surface area contributed by atoms with Crippen LogP contribution in [0, 0.1) is 0 Å². The molecule has 0 heterocycles. The Kier molecular flexibility index (Phi) is 4.23. The first-order chi connectivity index (χ1) is 7.36. The Bertz CT molecular complexity index is 478. The lowest BCUT2D eigenvalue weighted by molar-refractivity contribution is 0.0962. The number of aliphatic hydroxyl groups is 1. The van der Waals surface area contributed by atoms with Crippen LogP contribution in [-0.2, 0) is 9.84 Å². The van der Waals surface area contributed by atoms with E-state index in [4.69, 9.17) is 5.11 Å². The van der Waals surface area contributed by atoms with E-state index in [9.17, 15) is 13.2 Å². The third-order valence-corrected chi connectivity index (χ3v) is 4.03. The Morgan fingerprint density at radius 3 is 2.25 bits per heavy atom. The molecule has 1 rings (SSSR count). The minimum absolute atomic E-state index is 0.271. The van der Waals surface area contributed by atoms with E-state index in [1.807, 2.05) is 0 Å². The molecule has 0 amide bonds. The van der Waals surface area contributed by atoms with Crippen LogP contribution in [-0.4, -0.2) is 37.4 Å². The summed E-state index contributed by atoms with van der Waals surface area (Å²) in [7, 11) is -3.58.